The molecule has 1 aromatic carbocycles. The molecule has 4 heteroatoms. The van der Waals surface area contributed by atoms with Gasteiger partial charge in [-0.2, -0.15) is 5.10 Å². The summed E-state index contributed by atoms with van der Waals surface area (Å²) in [6, 6.07) is 9.04. The zero-order chi connectivity index (χ0) is 13.1. The van der Waals surface area contributed by atoms with Crippen LogP contribution in [-0.2, 0) is 13.0 Å². The van der Waals surface area contributed by atoms with Crippen molar-refractivity contribution < 1.29 is 9.90 Å². The van der Waals surface area contributed by atoms with Crippen LogP contribution in [0.25, 0.3) is 0 Å². The first-order valence-corrected chi connectivity index (χ1v) is 5.89. The van der Waals surface area contributed by atoms with Gasteiger partial charge in [-0.1, -0.05) is 12.1 Å². The largest absolute Gasteiger partial charge is 0.478 e. The summed E-state index contributed by atoms with van der Waals surface area (Å²) in [4.78, 5) is 10.7. The van der Waals surface area contributed by atoms with Gasteiger partial charge in [-0.15, -0.1) is 0 Å². The molecule has 1 heterocycles. The van der Waals surface area contributed by atoms with Crippen molar-refractivity contribution in [3.63, 3.8) is 0 Å². The Bertz CT molecular complexity index is 556. The van der Waals surface area contributed by atoms with Crippen molar-refractivity contribution in [2.45, 2.75) is 26.8 Å². The molecule has 0 aliphatic heterocycles. The second-order valence-electron chi connectivity index (χ2n) is 4.40. The topological polar surface area (TPSA) is 55.1 Å². The molecule has 0 saturated heterocycles. The van der Waals surface area contributed by atoms with Gasteiger partial charge in [0.15, 0.2) is 0 Å². The van der Waals surface area contributed by atoms with Gasteiger partial charge in [0.05, 0.1) is 11.3 Å². The lowest BCUT2D eigenvalue weighted by Gasteiger charge is -2.05. The van der Waals surface area contributed by atoms with Crippen molar-refractivity contribution in [2.24, 2.45) is 0 Å². The highest BCUT2D eigenvalue weighted by molar-refractivity contribution is 5.87. The zero-order valence-electron chi connectivity index (χ0n) is 10.6. The van der Waals surface area contributed by atoms with E-state index < -0.39 is 5.97 Å². The number of aromatic carboxylic acids is 1. The molecular weight excluding hydrogens is 228 g/mol. The molecule has 2 rings (SSSR count). The van der Waals surface area contributed by atoms with Gasteiger partial charge in [0.1, 0.15) is 0 Å². The Morgan fingerprint density at radius 1 is 1.28 bits per heavy atom. The second-order valence-corrected chi connectivity index (χ2v) is 4.40. The fraction of sp³-hybridized carbons (Fsp3) is 0.286. The molecule has 0 atom stereocenters. The van der Waals surface area contributed by atoms with Crippen LogP contribution >= 0.6 is 0 Å². The van der Waals surface area contributed by atoms with Crippen LogP contribution < -0.4 is 0 Å². The van der Waals surface area contributed by atoms with Crippen LogP contribution in [0.5, 0.6) is 0 Å². The summed E-state index contributed by atoms with van der Waals surface area (Å²) >= 11 is 0. The average molecular weight is 244 g/mol. The van der Waals surface area contributed by atoms with E-state index in [1.54, 1.807) is 12.1 Å². The summed E-state index contributed by atoms with van der Waals surface area (Å²) in [6.07, 6.45) is 0.849. The van der Waals surface area contributed by atoms with Crippen LogP contribution in [0.2, 0.25) is 0 Å². The first kappa shape index (κ1) is 12.4. The third-order valence-corrected chi connectivity index (χ3v) is 2.92. The molecule has 4 nitrogen and oxygen atoms in total. The Hall–Kier alpha value is -2.10. The fourth-order valence-corrected chi connectivity index (χ4v) is 1.95. The van der Waals surface area contributed by atoms with E-state index in [4.69, 9.17) is 5.11 Å². The Kier molecular flexibility index (Phi) is 3.46. The van der Waals surface area contributed by atoms with Gasteiger partial charge in [0.2, 0.25) is 0 Å². The van der Waals surface area contributed by atoms with Crippen LogP contribution in [-0.4, -0.2) is 20.9 Å². The first-order chi connectivity index (χ1) is 8.56. The number of nitrogens with zero attached hydrogens (tertiary/aromatic N) is 2. The Labute approximate surface area is 106 Å². The second kappa shape index (κ2) is 5.04. The first-order valence-electron chi connectivity index (χ1n) is 5.89. The Morgan fingerprint density at radius 3 is 2.44 bits per heavy atom. The van der Waals surface area contributed by atoms with E-state index in [-0.39, 0.29) is 0 Å². The highest BCUT2D eigenvalue weighted by Gasteiger charge is 2.03. The molecule has 0 aliphatic rings. The van der Waals surface area contributed by atoms with Gasteiger partial charge in [-0.3, -0.25) is 4.68 Å². The number of carbonyl (C=O) groups is 1. The minimum absolute atomic E-state index is 0.324. The van der Waals surface area contributed by atoms with E-state index in [0.29, 0.717) is 5.56 Å². The van der Waals surface area contributed by atoms with Crippen LogP contribution in [0.3, 0.4) is 0 Å². The van der Waals surface area contributed by atoms with Crippen molar-refractivity contribution >= 4 is 5.97 Å². The normalized spacial score (nSPS) is 10.6. The van der Waals surface area contributed by atoms with Gasteiger partial charge in [-0.25, -0.2) is 4.79 Å². The molecule has 1 N–H and O–H groups in total. The maximum atomic E-state index is 10.7. The maximum Gasteiger partial charge on any atom is 0.335 e. The van der Waals surface area contributed by atoms with E-state index in [9.17, 15) is 4.79 Å². The molecule has 0 radical (unpaired) electrons. The van der Waals surface area contributed by atoms with Crippen molar-refractivity contribution in [1.29, 1.82) is 0 Å². The third-order valence-electron chi connectivity index (χ3n) is 2.92. The molecule has 94 valence electrons. The van der Waals surface area contributed by atoms with E-state index in [1.165, 1.54) is 0 Å². The fourth-order valence-electron chi connectivity index (χ4n) is 1.95. The van der Waals surface area contributed by atoms with Crippen molar-refractivity contribution in [1.82, 2.24) is 9.78 Å². The SMILES string of the molecule is Cc1cc(C)n(CCc2ccc(C(=O)O)cc2)n1. The van der Waals surface area contributed by atoms with Gasteiger partial charge in [0, 0.05) is 12.2 Å². The number of hydrogen-bond donors (Lipinski definition) is 1. The number of carboxylic acid groups (broad SMARTS) is 1. The summed E-state index contributed by atoms with van der Waals surface area (Å²) in [7, 11) is 0. The molecule has 0 spiro atoms. The standard InChI is InChI=1S/C14H16N2O2/c1-10-9-11(2)16(15-10)8-7-12-3-5-13(6-4-12)14(17)18/h3-6,9H,7-8H2,1-2H3,(H,17,18). The van der Waals surface area contributed by atoms with Crippen LogP contribution in [0.4, 0.5) is 0 Å². The number of aromatic nitrogens is 2. The van der Waals surface area contributed by atoms with E-state index in [1.807, 2.05) is 36.7 Å². The number of aryl methyl sites for hydroxylation is 4. The highest BCUT2D eigenvalue weighted by Crippen LogP contribution is 2.08. The highest BCUT2D eigenvalue weighted by atomic mass is 16.4. The van der Waals surface area contributed by atoms with Crippen molar-refractivity contribution in [2.75, 3.05) is 0 Å². The molecule has 18 heavy (non-hydrogen) atoms. The molecule has 1 aromatic heterocycles. The number of rotatable bonds is 4. The third kappa shape index (κ3) is 2.77. The summed E-state index contributed by atoms with van der Waals surface area (Å²) in [5.41, 5.74) is 3.61. The van der Waals surface area contributed by atoms with Crippen LogP contribution in [0.1, 0.15) is 27.3 Å². The van der Waals surface area contributed by atoms with Crippen LogP contribution in [0, 0.1) is 13.8 Å². The van der Waals surface area contributed by atoms with Gasteiger partial charge >= 0.3 is 5.97 Å². The smallest absolute Gasteiger partial charge is 0.335 e. The van der Waals surface area contributed by atoms with Gasteiger partial charge in [-0.05, 0) is 44.0 Å². The van der Waals surface area contributed by atoms with Crippen LogP contribution in [0.15, 0.2) is 30.3 Å². The lowest BCUT2D eigenvalue weighted by molar-refractivity contribution is 0.0697. The molecule has 0 amide bonds. The predicted molar refractivity (Wildman–Crippen MR) is 68.8 cm³/mol. The molecule has 2 aromatic rings. The van der Waals surface area contributed by atoms with Crippen molar-refractivity contribution in [3.8, 4) is 0 Å². The van der Waals surface area contributed by atoms with E-state index in [2.05, 4.69) is 5.10 Å². The Morgan fingerprint density at radius 2 is 1.94 bits per heavy atom. The monoisotopic (exact) mass is 244 g/mol. The minimum atomic E-state index is -0.889. The molecule has 0 unspecified atom stereocenters. The predicted octanol–water partition coefficient (Wildman–Crippen LogP) is 2.44. The average Bonchev–Trinajstić information content (AvgIpc) is 2.66. The Balaban J connectivity index is 2.02. The molecule has 0 fully saturated rings. The maximum absolute atomic E-state index is 10.7. The van der Waals surface area contributed by atoms with E-state index >= 15 is 0 Å². The summed E-state index contributed by atoms with van der Waals surface area (Å²) in [5, 5.41) is 13.2. The van der Waals surface area contributed by atoms with Gasteiger partial charge in [0.25, 0.3) is 0 Å². The minimum Gasteiger partial charge on any atom is -0.478 e. The summed E-state index contributed by atoms with van der Waals surface area (Å²) < 4.78 is 1.97. The van der Waals surface area contributed by atoms with Gasteiger partial charge < -0.3 is 5.11 Å². The summed E-state index contributed by atoms with van der Waals surface area (Å²) in [6.45, 7) is 4.82. The lowest BCUT2D eigenvalue weighted by atomic mass is 10.1. The summed E-state index contributed by atoms with van der Waals surface area (Å²) in [5.74, 6) is -0.889. The lowest BCUT2D eigenvalue weighted by Crippen LogP contribution is -2.05. The number of carboxylic acids is 1. The molecular formula is C14H16N2O2. The van der Waals surface area contributed by atoms with E-state index in [0.717, 1.165) is 29.9 Å². The molecule has 0 saturated carbocycles. The number of hydrogen-bond acceptors (Lipinski definition) is 2. The molecule has 0 bridgehead atoms. The zero-order valence-corrected chi connectivity index (χ0v) is 10.6. The number of benzene rings is 1. The molecule has 0 aliphatic carbocycles. The quantitative estimate of drug-likeness (QED) is 0.898. The van der Waals surface area contributed by atoms with Crippen molar-refractivity contribution in [3.05, 3.63) is 52.8 Å².